The fourth-order valence-corrected chi connectivity index (χ4v) is 3.51. The first-order valence-electron chi connectivity index (χ1n) is 8.82. The number of hydrogen-bond donors (Lipinski definition) is 0. The number of carbonyl (C=O) groups is 1. The molecule has 0 bridgehead atoms. The molecule has 4 nitrogen and oxygen atoms in total. The molecule has 1 fully saturated rings. The van der Waals surface area contributed by atoms with Crippen LogP contribution in [0.4, 0.5) is 17.6 Å². The van der Waals surface area contributed by atoms with Gasteiger partial charge in [-0.1, -0.05) is 13.0 Å². The van der Waals surface area contributed by atoms with Gasteiger partial charge in [0.2, 0.25) is 0 Å². The quantitative estimate of drug-likeness (QED) is 0.545. The van der Waals surface area contributed by atoms with Crippen LogP contribution in [0, 0.1) is 18.7 Å². The standard InChI is InChI=1S/C19H24F4O4/c1-6-25-15-10(3)13(20)9-8-12(15)14-11(4)18(5,19(21,22)23)27-16(14)17(24)26-7-2/h8-9,11,14,16H,6-7H2,1-5H3/t11-,14-,16+,18+/m0/s1. The summed E-state index contributed by atoms with van der Waals surface area (Å²) in [5, 5.41) is 0. The predicted molar refractivity (Wildman–Crippen MR) is 90.2 cm³/mol. The first-order chi connectivity index (χ1) is 12.5. The van der Waals surface area contributed by atoms with Crippen molar-refractivity contribution >= 4 is 5.97 Å². The van der Waals surface area contributed by atoms with Crippen LogP contribution < -0.4 is 4.74 Å². The topological polar surface area (TPSA) is 44.8 Å². The highest BCUT2D eigenvalue weighted by atomic mass is 19.4. The van der Waals surface area contributed by atoms with Gasteiger partial charge in [-0.15, -0.1) is 0 Å². The summed E-state index contributed by atoms with van der Waals surface area (Å²) in [6.45, 7) is 7.20. The average Bonchev–Trinajstić information content (AvgIpc) is 2.86. The van der Waals surface area contributed by atoms with Gasteiger partial charge in [0, 0.05) is 23.0 Å². The molecule has 1 aliphatic rings. The molecule has 1 heterocycles. The molecular weight excluding hydrogens is 368 g/mol. The van der Waals surface area contributed by atoms with E-state index in [1.54, 1.807) is 13.8 Å². The molecule has 4 atom stereocenters. The Hall–Kier alpha value is -1.83. The molecule has 0 amide bonds. The molecule has 0 aromatic heterocycles. The molecule has 0 unspecified atom stereocenters. The SMILES string of the molecule is CCOC(=O)[C@@H]1O[C@@](C)(C(F)(F)F)[C@@H](C)[C@H]1c1ccc(F)c(C)c1OCC. The van der Waals surface area contributed by atoms with Crippen molar-refractivity contribution in [2.24, 2.45) is 5.92 Å². The maximum absolute atomic E-state index is 14.0. The van der Waals surface area contributed by atoms with Crippen molar-refractivity contribution in [1.82, 2.24) is 0 Å². The van der Waals surface area contributed by atoms with E-state index < -0.39 is 41.5 Å². The number of rotatable bonds is 5. The molecule has 0 spiro atoms. The maximum Gasteiger partial charge on any atom is 0.417 e. The van der Waals surface area contributed by atoms with Crippen molar-refractivity contribution in [3.63, 3.8) is 0 Å². The van der Waals surface area contributed by atoms with Crippen molar-refractivity contribution in [1.29, 1.82) is 0 Å². The molecule has 0 N–H and O–H groups in total. The van der Waals surface area contributed by atoms with E-state index in [1.807, 2.05) is 0 Å². The van der Waals surface area contributed by atoms with Gasteiger partial charge in [0.05, 0.1) is 13.2 Å². The van der Waals surface area contributed by atoms with Crippen LogP contribution in [0.2, 0.25) is 0 Å². The van der Waals surface area contributed by atoms with E-state index in [9.17, 15) is 22.4 Å². The summed E-state index contributed by atoms with van der Waals surface area (Å²) in [5.74, 6) is -3.42. The third-order valence-electron chi connectivity index (χ3n) is 5.21. The Morgan fingerprint density at radius 2 is 1.89 bits per heavy atom. The first kappa shape index (κ1) is 21.5. The van der Waals surface area contributed by atoms with Gasteiger partial charge < -0.3 is 14.2 Å². The molecule has 1 aliphatic heterocycles. The second-order valence-electron chi connectivity index (χ2n) is 6.73. The minimum atomic E-state index is -4.70. The van der Waals surface area contributed by atoms with Crippen LogP contribution in [-0.4, -0.2) is 37.1 Å². The molecule has 1 saturated heterocycles. The van der Waals surface area contributed by atoms with Crippen LogP contribution in [-0.2, 0) is 14.3 Å². The van der Waals surface area contributed by atoms with Crippen LogP contribution in [0.5, 0.6) is 5.75 Å². The predicted octanol–water partition coefficient (Wildman–Crippen LogP) is 4.54. The van der Waals surface area contributed by atoms with Gasteiger partial charge in [-0.25, -0.2) is 9.18 Å². The van der Waals surface area contributed by atoms with E-state index in [2.05, 4.69) is 0 Å². The Morgan fingerprint density at radius 1 is 1.26 bits per heavy atom. The highest BCUT2D eigenvalue weighted by Crippen LogP contribution is 2.55. The molecule has 0 radical (unpaired) electrons. The Kier molecular flexibility index (Phi) is 6.09. The highest BCUT2D eigenvalue weighted by Gasteiger charge is 2.66. The number of alkyl halides is 3. The molecule has 0 aliphatic carbocycles. The Balaban J connectivity index is 2.64. The smallest absolute Gasteiger partial charge is 0.417 e. The summed E-state index contributed by atoms with van der Waals surface area (Å²) in [4.78, 5) is 12.4. The Labute approximate surface area is 155 Å². The fraction of sp³-hybridized carbons (Fsp3) is 0.632. The van der Waals surface area contributed by atoms with E-state index in [4.69, 9.17) is 14.2 Å². The van der Waals surface area contributed by atoms with Crippen LogP contribution in [0.3, 0.4) is 0 Å². The van der Waals surface area contributed by atoms with Gasteiger partial charge >= 0.3 is 12.1 Å². The van der Waals surface area contributed by atoms with E-state index >= 15 is 0 Å². The molecule has 0 saturated carbocycles. The zero-order valence-corrected chi connectivity index (χ0v) is 15.9. The molecular formula is C19H24F4O4. The van der Waals surface area contributed by atoms with Crippen LogP contribution in [0.1, 0.15) is 44.7 Å². The summed E-state index contributed by atoms with van der Waals surface area (Å²) >= 11 is 0. The third kappa shape index (κ3) is 3.63. The van der Waals surface area contributed by atoms with Crippen molar-refractivity contribution < 1.29 is 36.6 Å². The van der Waals surface area contributed by atoms with E-state index in [0.29, 0.717) is 5.56 Å². The van der Waals surface area contributed by atoms with Crippen molar-refractivity contribution in [3.05, 3.63) is 29.1 Å². The zero-order valence-electron chi connectivity index (χ0n) is 15.9. The lowest BCUT2D eigenvalue weighted by atomic mass is 9.76. The molecule has 1 aromatic carbocycles. The normalized spacial score (nSPS) is 28.3. The first-order valence-corrected chi connectivity index (χ1v) is 8.82. The van der Waals surface area contributed by atoms with Crippen molar-refractivity contribution in [2.75, 3.05) is 13.2 Å². The van der Waals surface area contributed by atoms with Gasteiger partial charge in [-0.3, -0.25) is 0 Å². The molecule has 2 rings (SSSR count). The zero-order chi connectivity index (χ0) is 20.6. The van der Waals surface area contributed by atoms with Gasteiger partial charge in [0.1, 0.15) is 11.6 Å². The minimum Gasteiger partial charge on any atom is -0.493 e. The Bertz CT molecular complexity index is 704. The van der Waals surface area contributed by atoms with Gasteiger partial charge in [0.25, 0.3) is 0 Å². The van der Waals surface area contributed by atoms with E-state index in [-0.39, 0.29) is 24.5 Å². The lowest BCUT2D eigenvalue weighted by Gasteiger charge is -2.32. The second-order valence-corrected chi connectivity index (χ2v) is 6.73. The summed E-state index contributed by atoms with van der Waals surface area (Å²) in [5.41, 5.74) is -2.08. The highest BCUT2D eigenvalue weighted by molar-refractivity contribution is 5.77. The fourth-order valence-electron chi connectivity index (χ4n) is 3.51. The largest absolute Gasteiger partial charge is 0.493 e. The summed E-state index contributed by atoms with van der Waals surface area (Å²) in [6, 6.07) is 2.51. The number of halogens is 4. The molecule has 152 valence electrons. The van der Waals surface area contributed by atoms with Crippen LogP contribution >= 0.6 is 0 Å². The van der Waals surface area contributed by atoms with Crippen LogP contribution in [0.15, 0.2) is 12.1 Å². The van der Waals surface area contributed by atoms with Crippen molar-refractivity contribution in [2.45, 2.75) is 58.4 Å². The summed E-state index contributed by atoms with van der Waals surface area (Å²) in [6.07, 6.45) is -6.18. The van der Waals surface area contributed by atoms with E-state index in [1.165, 1.54) is 19.9 Å². The van der Waals surface area contributed by atoms with Gasteiger partial charge in [-0.2, -0.15) is 13.2 Å². The van der Waals surface area contributed by atoms with Crippen LogP contribution in [0.25, 0.3) is 0 Å². The lowest BCUT2D eigenvalue weighted by molar-refractivity contribution is -0.274. The number of carbonyl (C=O) groups excluding carboxylic acids is 1. The maximum atomic E-state index is 14.0. The van der Waals surface area contributed by atoms with Gasteiger partial charge in [-0.05, 0) is 33.8 Å². The average molecular weight is 392 g/mol. The summed E-state index contributed by atoms with van der Waals surface area (Å²) < 4.78 is 70.9. The number of hydrogen-bond acceptors (Lipinski definition) is 4. The summed E-state index contributed by atoms with van der Waals surface area (Å²) in [7, 11) is 0. The molecule has 27 heavy (non-hydrogen) atoms. The lowest BCUT2D eigenvalue weighted by Crippen LogP contribution is -2.47. The molecule has 8 heteroatoms. The van der Waals surface area contributed by atoms with E-state index in [0.717, 1.165) is 13.0 Å². The number of benzene rings is 1. The van der Waals surface area contributed by atoms with Crippen molar-refractivity contribution in [3.8, 4) is 5.75 Å². The Morgan fingerprint density at radius 3 is 2.41 bits per heavy atom. The molecule has 1 aromatic rings. The second kappa shape index (κ2) is 7.66. The minimum absolute atomic E-state index is 0.00326. The van der Waals surface area contributed by atoms with Gasteiger partial charge in [0.15, 0.2) is 11.7 Å². The number of esters is 1. The monoisotopic (exact) mass is 392 g/mol. The number of ether oxygens (including phenoxy) is 3. The third-order valence-corrected chi connectivity index (χ3v) is 5.21.